The van der Waals surface area contributed by atoms with Gasteiger partial charge in [0.25, 0.3) is 0 Å². The molecule has 0 radical (unpaired) electrons. The highest BCUT2D eigenvalue weighted by molar-refractivity contribution is 5.71. The molecule has 0 aromatic carbocycles. The van der Waals surface area contributed by atoms with Crippen molar-refractivity contribution in [1.82, 2.24) is 0 Å². The van der Waals surface area contributed by atoms with E-state index in [4.69, 9.17) is 9.90 Å². The molecule has 0 heterocycles. The van der Waals surface area contributed by atoms with Crippen LogP contribution in [-0.4, -0.2) is 18.0 Å². The fourth-order valence-electron chi connectivity index (χ4n) is 0. The lowest BCUT2D eigenvalue weighted by Gasteiger charge is -1.55. The zero-order valence-electron chi connectivity index (χ0n) is 4.29. The van der Waals surface area contributed by atoms with Crippen LogP contribution >= 0.6 is 0 Å². The predicted octanol–water partition coefficient (Wildman–Crippen LogP) is -0.570. The summed E-state index contributed by atoms with van der Waals surface area (Å²) < 4.78 is 0. The van der Waals surface area contributed by atoms with Crippen molar-refractivity contribution in [3.63, 3.8) is 0 Å². The van der Waals surface area contributed by atoms with Gasteiger partial charge in [0, 0.05) is 0 Å². The minimum absolute atomic E-state index is 0.153. The Kier molecular flexibility index (Phi) is 21.2. The smallest absolute Gasteiger partial charge is 0.192 e. The summed E-state index contributed by atoms with van der Waals surface area (Å²) in [5, 5.41) is 7.64. The van der Waals surface area contributed by atoms with E-state index in [1.165, 1.54) is 0 Å². The van der Waals surface area contributed by atoms with Gasteiger partial charge in [0.05, 0.1) is 0 Å². The van der Waals surface area contributed by atoms with Crippen LogP contribution in [-0.2, 0) is 4.79 Å². The fraction of sp³-hybridized carbons (Fsp3) is 0.167. The van der Waals surface area contributed by atoms with Crippen molar-refractivity contribution in [3.8, 4) is 24.7 Å². The van der Waals surface area contributed by atoms with Crippen LogP contribution < -0.4 is 0 Å². The first kappa shape index (κ1) is 9.89. The second-order valence-electron chi connectivity index (χ2n) is 0.647. The minimum atomic E-state index is -0.153. The van der Waals surface area contributed by atoms with Crippen LogP contribution in [0.25, 0.3) is 0 Å². The topological polar surface area (TPSA) is 37.3 Å². The number of aldehydes is 1. The predicted molar refractivity (Wildman–Crippen MR) is 30.8 cm³/mol. The van der Waals surface area contributed by atoms with Gasteiger partial charge >= 0.3 is 0 Å². The quantitative estimate of drug-likeness (QED) is 0.335. The number of carbonyl (C=O) groups is 1. The Bertz CT molecular complexity index is 113. The van der Waals surface area contributed by atoms with Gasteiger partial charge in [-0.1, -0.05) is 5.92 Å². The lowest BCUT2D eigenvalue weighted by molar-refractivity contribution is -0.103. The molecule has 0 aromatic rings. The van der Waals surface area contributed by atoms with E-state index < -0.39 is 0 Å². The molecule has 0 rings (SSSR count). The molecule has 2 heteroatoms. The lowest BCUT2D eigenvalue weighted by atomic mass is 10.8. The number of aliphatic hydroxyl groups excluding tert-OH is 1. The molecule has 0 fully saturated rings. The first-order valence-corrected chi connectivity index (χ1v) is 1.77. The minimum Gasteiger partial charge on any atom is -0.384 e. The summed E-state index contributed by atoms with van der Waals surface area (Å²) in [4.78, 5) is 8.94. The zero-order valence-corrected chi connectivity index (χ0v) is 4.29. The summed E-state index contributed by atoms with van der Waals surface area (Å²) in [7, 11) is 0. The first-order valence-electron chi connectivity index (χ1n) is 1.77. The van der Waals surface area contributed by atoms with Gasteiger partial charge in [-0.15, -0.1) is 12.8 Å². The van der Waals surface area contributed by atoms with Crippen LogP contribution in [0.1, 0.15) is 0 Å². The zero-order chi connectivity index (χ0) is 6.83. The molecule has 1 N–H and O–H groups in total. The van der Waals surface area contributed by atoms with Gasteiger partial charge in [0.1, 0.15) is 6.61 Å². The van der Waals surface area contributed by atoms with E-state index in [1.54, 1.807) is 5.92 Å². The van der Waals surface area contributed by atoms with E-state index in [-0.39, 0.29) is 6.61 Å². The maximum absolute atomic E-state index is 8.94. The average molecular weight is 110 g/mol. The van der Waals surface area contributed by atoms with Crippen LogP contribution in [0.5, 0.6) is 0 Å². The van der Waals surface area contributed by atoms with Gasteiger partial charge in [0.2, 0.25) is 0 Å². The molecule has 42 valence electrons. The molecule has 0 amide bonds. The van der Waals surface area contributed by atoms with E-state index in [0.717, 1.165) is 0 Å². The molecule has 0 atom stereocenters. The first-order chi connectivity index (χ1) is 3.83. The van der Waals surface area contributed by atoms with E-state index in [9.17, 15) is 0 Å². The summed E-state index contributed by atoms with van der Waals surface area (Å²) in [5.74, 6) is 3.74. The maximum atomic E-state index is 8.94. The fourth-order valence-corrected chi connectivity index (χ4v) is 0. The van der Waals surface area contributed by atoms with Crippen LogP contribution in [0, 0.1) is 24.7 Å². The second-order valence-corrected chi connectivity index (χ2v) is 0.647. The third-order valence-corrected chi connectivity index (χ3v) is 0.159. The Morgan fingerprint density at radius 3 is 1.88 bits per heavy atom. The second kappa shape index (κ2) is 17.2. The van der Waals surface area contributed by atoms with E-state index in [0.29, 0.717) is 6.29 Å². The van der Waals surface area contributed by atoms with Crippen LogP contribution in [0.3, 0.4) is 0 Å². The number of hydrogen-bond donors (Lipinski definition) is 1. The monoisotopic (exact) mass is 110 g/mol. The highest BCUT2D eigenvalue weighted by Crippen LogP contribution is 1.34. The SMILES string of the molecule is C#CC=O.C#CCO. The number of hydrogen-bond acceptors (Lipinski definition) is 2. The molecule has 2 nitrogen and oxygen atoms in total. The number of aliphatic hydroxyl groups is 1. The largest absolute Gasteiger partial charge is 0.384 e. The van der Waals surface area contributed by atoms with Crippen molar-refractivity contribution in [2.45, 2.75) is 0 Å². The normalized spacial score (nSPS) is 4.38. The third kappa shape index (κ3) is 119. The molecular formula is C6H6O2. The summed E-state index contributed by atoms with van der Waals surface area (Å²) in [6, 6.07) is 0. The number of rotatable bonds is 0. The van der Waals surface area contributed by atoms with Crippen molar-refractivity contribution < 1.29 is 9.90 Å². The highest BCUT2D eigenvalue weighted by Gasteiger charge is 1.43. The lowest BCUT2D eigenvalue weighted by Crippen LogP contribution is -1.64. The van der Waals surface area contributed by atoms with Crippen molar-refractivity contribution in [2.24, 2.45) is 0 Å². The van der Waals surface area contributed by atoms with E-state index >= 15 is 0 Å². The molecule has 0 spiro atoms. The van der Waals surface area contributed by atoms with Crippen molar-refractivity contribution in [3.05, 3.63) is 0 Å². The summed E-state index contributed by atoms with van der Waals surface area (Å²) in [6.45, 7) is -0.153. The molecule has 0 saturated carbocycles. The summed E-state index contributed by atoms with van der Waals surface area (Å²) in [6.07, 6.45) is 9.34. The van der Waals surface area contributed by atoms with Gasteiger partial charge in [-0.3, -0.25) is 4.79 Å². The Hall–Kier alpha value is -1.25. The summed E-state index contributed by atoms with van der Waals surface area (Å²) in [5.41, 5.74) is 0. The van der Waals surface area contributed by atoms with Crippen molar-refractivity contribution >= 4 is 6.29 Å². The summed E-state index contributed by atoms with van der Waals surface area (Å²) >= 11 is 0. The standard InChI is InChI=1S/C3H4O.C3H2O/c2*1-2-3-4/h1,4H,3H2;1,3H. The van der Waals surface area contributed by atoms with Gasteiger partial charge in [-0.05, 0) is 5.92 Å². The van der Waals surface area contributed by atoms with Gasteiger partial charge in [0.15, 0.2) is 6.29 Å². The van der Waals surface area contributed by atoms with Gasteiger partial charge < -0.3 is 5.11 Å². The Labute approximate surface area is 48.5 Å². The number of carbonyl (C=O) groups excluding carboxylic acids is 1. The Balaban J connectivity index is 0. The van der Waals surface area contributed by atoms with Gasteiger partial charge in [-0.25, -0.2) is 0 Å². The van der Waals surface area contributed by atoms with Crippen LogP contribution in [0.15, 0.2) is 0 Å². The molecule has 0 unspecified atom stereocenters. The van der Waals surface area contributed by atoms with Crippen molar-refractivity contribution in [1.29, 1.82) is 0 Å². The highest BCUT2D eigenvalue weighted by atomic mass is 16.2. The average Bonchev–Trinajstić information content (AvgIpc) is 1.88. The molecular weight excluding hydrogens is 104 g/mol. The van der Waals surface area contributed by atoms with Crippen LogP contribution in [0.2, 0.25) is 0 Å². The molecule has 8 heavy (non-hydrogen) atoms. The molecule has 0 aliphatic carbocycles. The Morgan fingerprint density at radius 1 is 1.62 bits per heavy atom. The van der Waals surface area contributed by atoms with Crippen LogP contribution in [0.4, 0.5) is 0 Å². The van der Waals surface area contributed by atoms with Gasteiger partial charge in [-0.2, -0.15) is 0 Å². The molecule has 0 aliphatic rings. The number of terminal acetylenes is 2. The van der Waals surface area contributed by atoms with E-state index in [2.05, 4.69) is 12.8 Å². The maximum Gasteiger partial charge on any atom is 0.192 e. The van der Waals surface area contributed by atoms with Crippen molar-refractivity contribution in [2.75, 3.05) is 6.61 Å². The Morgan fingerprint density at radius 2 is 1.88 bits per heavy atom. The third-order valence-electron chi connectivity index (χ3n) is 0.159. The molecule has 0 bridgehead atoms. The van der Waals surface area contributed by atoms with E-state index in [1.807, 2.05) is 5.92 Å². The molecule has 0 aromatic heterocycles. The molecule has 0 aliphatic heterocycles. The molecule has 0 saturated heterocycles.